The van der Waals surface area contributed by atoms with Crippen LogP contribution in [0.1, 0.15) is 12.0 Å². The fourth-order valence-corrected chi connectivity index (χ4v) is 1.31. The Morgan fingerprint density at radius 1 is 1.50 bits per heavy atom. The second kappa shape index (κ2) is 6.42. The summed E-state index contributed by atoms with van der Waals surface area (Å²) in [7, 11) is 1.35. The molecular weight excluding hydrogens is 240 g/mol. The normalized spacial score (nSPS) is 9.61. The lowest BCUT2D eigenvalue weighted by atomic mass is 10.1. The molecule has 0 amide bonds. The van der Waals surface area contributed by atoms with Crippen LogP contribution in [0.15, 0.2) is 12.1 Å². The summed E-state index contributed by atoms with van der Waals surface area (Å²) in [4.78, 5) is 10.1. The van der Waals surface area contributed by atoms with Gasteiger partial charge in [-0.05, 0) is 0 Å². The van der Waals surface area contributed by atoms with Crippen molar-refractivity contribution in [1.29, 1.82) is 5.26 Å². The highest BCUT2D eigenvalue weighted by Crippen LogP contribution is 2.34. The van der Waals surface area contributed by atoms with Crippen LogP contribution in [0.5, 0.6) is 11.5 Å². The zero-order valence-corrected chi connectivity index (χ0v) is 9.75. The number of hydrogen-bond acceptors (Lipinski definition) is 6. The maximum absolute atomic E-state index is 10.7. The zero-order chi connectivity index (χ0) is 13.5. The smallest absolute Gasteiger partial charge is 0.291 e. The Morgan fingerprint density at radius 2 is 2.22 bits per heavy atom. The van der Waals surface area contributed by atoms with Gasteiger partial charge in [-0.1, -0.05) is 0 Å². The number of ether oxygens (including phenoxy) is 2. The van der Waals surface area contributed by atoms with Crippen LogP contribution in [0.4, 0.5) is 5.69 Å². The third-order valence-corrected chi connectivity index (χ3v) is 2.16. The van der Waals surface area contributed by atoms with Gasteiger partial charge in [0, 0.05) is 19.1 Å². The Labute approximate surface area is 103 Å². The molecule has 1 N–H and O–H groups in total. The quantitative estimate of drug-likeness (QED) is 0.463. The Kier molecular flexibility index (Phi) is 4.90. The van der Waals surface area contributed by atoms with Gasteiger partial charge in [0.1, 0.15) is 11.6 Å². The second-order valence-corrected chi connectivity index (χ2v) is 3.31. The number of nitrogens with zero attached hydrogens (tertiary/aromatic N) is 2. The van der Waals surface area contributed by atoms with E-state index in [1.54, 1.807) is 6.07 Å². The zero-order valence-electron chi connectivity index (χ0n) is 9.75. The van der Waals surface area contributed by atoms with Crippen molar-refractivity contribution in [3.8, 4) is 17.6 Å². The molecule has 1 aromatic rings. The molecule has 0 radical (unpaired) electrons. The number of methoxy groups -OCH3 is 1. The highest BCUT2D eigenvalue weighted by molar-refractivity contribution is 5.58. The van der Waals surface area contributed by atoms with Crippen molar-refractivity contribution in [2.75, 3.05) is 20.3 Å². The third kappa shape index (κ3) is 3.09. The summed E-state index contributed by atoms with van der Waals surface area (Å²) in [6, 6.07) is 4.14. The van der Waals surface area contributed by atoms with Gasteiger partial charge < -0.3 is 14.6 Å². The number of aliphatic hydroxyl groups excluding tert-OH is 1. The van der Waals surface area contributed by atoms with E-state index >= 15 is 0 Å². The SMILES string of the molecule is COc1cc([N+](=O)[O-])c(C#N)cc1OCCCO. The molecule has 0 spiro atoms. The molecule has 0 unspecified atom stereocenters. The molecule has 0 bridgehead atoms. The van der Waals surface area contributed by atoms with E-state index < -0.39 is 4.92 Å². The van der Waals surface area contributed by atoms with Gasteiger partial charge in [-0.25, -0.2) is 0 Å². The molecule has 7 nitrogen and oxygen atoms in total. The van der Waals surface area contributed by atoms with Crippen LogP contribution in [-0.2, 0) is 0 Å². The van der Waals surface area contributed by atoms with Crippen molar-refractivity contribution in [3.63, 3.8) is 0 Å². The highest BCUT2D eigenvalue weighted by atomic mass is 16.6. The van der Waals surface area contributed by atoms with E-state index in [0.29, 0.717) is 6.42 Å². The van der Waals surface area contributed by atoms with Crippen LogP contribution in [-0.4, -0.2) is 30.4 Å². The van der Waals surface area contributed by atoms with Crippen molar-refractivity contribution < 1.29 is 19.5 Å². The van der Waals surface area contributed by atoms with Gasteiger partial charge in [-0.3, -0.25) is 10.1 Å². The molecule has 96 valence electrons. The average Bonchev–Trinajstić information content (AvgIpc) is 2.38. The molecular formula is C11H12N2O5. The standard InChI is InChI=1S/C11H12N2O5/c1-17-10-6-9(13(15)16)8(7-12)5-11(10)18-4-2-3-14/h5-6,14H,2-4H2,1H3. The number of nitro benzene ring substituents is 1. The van der Waals surface area contributed by atoms with Gasteiger partial charge >= 0.3 is 0 Å². The first-order valence-electron chi connectivity index (χ1n) is 5.14. The number of aliphatic hydroxyl groups is 1. The molecule has 0 aliphatic rings. The topological polar surface area (TPSA) is 106 Å². The van der Waals surface area contributed by atoms with Crippen molar-refractivity contribution in [3.05, 3.63) is 27.8 Å². The summed E-state index contributed by atoms with van der Waals surface area (Å²) < 4.78 is 10.3. The molecule has 0 aliphatic heterocycles. The Hall–Kier alpha value is -2.33. The van der Waals surface area contributed by atoms with Gasteiger partial charge in [0.15, 0.2) is 11.5 Å². The van der Waals surface area contributed by atoms with Crippen molar-refractivity contribution in [1.82, 2.24) is 0 Å². The van der Waals surface area contributed by atoms with E-state index in [0.717, 1.165) is 6.07 Å². The molecule has 0 atom stereocenters. The largest absolute Gasteiger partial charge is 0.493 e. The Balaban J connectivity index is 3.11. The minimum Gasteiger partial charge on any atom is -0.493 e. The predicted octanol–water partition coefficient (Wildman–Crippen LogP) is 1.24. The summed E-state index contributed by atoms with van der Waals surface area (Å²) in [6.45, 7) is 0.204. The molecule has 0 saturated heterocycles. The monoisotopic (exact) mass is 252 g/mol. The van der Waals surface area contributed by atoms with Gasteiger partial charge in [-0.2, -0.15) is 5.26 Å². The molecule has 0 fully saturated rings. The third-order valence-electron chi connectivity index (χ3n) is 2.16. The van der Waals surface area contributed by atoms with Crippen molar-refractivity contribution in [2.45, 2.75) is 6.42 Å². The maximum Gasteiger partial charge on any atom is 0.291 e. The van der Waals surface area contributed by atoms with Gasteiger partial charge in [0.05, 0.1) is 24.7 Å². The molecule has 0 aliphatic carbocycles. The average molecular weight is 252 g/mol. The summed E-state index contributed by atoms with van der Waals surface area (Å²) in [5.41, 5.74) is -0.427. The number of benzene rings is 1. The highest BCUT2D eigenvalue weighted by Gasteiger charge is 2.19. The summed E-state index contributed by atoms with van der Waals surface area (Å²) in [5, 5.41) is 28.2. The predicted molar refractivity (Wildman–Crippen MR) is 61.6 cm³/mol. The first-order chi connectivity index (χ1) is 8.63. The van der Waals surface area contributed by atoms with E-state index in [-0.39, 0.29) is 36.0 Å². The van der Waals surface area contributed by atoms with Crippen LogP contribution in [0.3, 0.4) is 0 Å². The van der Waals surface area contributed by atoms with Crippen LogP contribution < -0.4 is 9.47 Å². The van der Waals surface area contributed by atoms with Crippen molar-refractivity contribution in [2.24, 2.45) is 0 Å². The molecule has 0 heterocycles. The van der Waals surface area contributed by atoms with Gasteiger partial charge in [0.2, 0.25) is 0 Å². The summed E-state index contributed by atoms with van der Waals surface area (Å²) in [5.74, 6) is 0.423. The lowest BCUT2D eigenvalue weighted by molar-refractivity contribution is -0.385. The van der Waals surface area contributed by atoms with Crippen LogP contribution in [0, 0.1) is 21.4 Å². The van der Waals surface area contributed by atoms with E-state index in [1.807, 2.05) is 0 Å². The van der Waals surface area contributed by atoms with Crippen LogP contribution >= 0.6 is 0 Å². The van der Waals surface area contributed by atoms with Gasteiger partial charge in [-0.15, -0.1) is 0 Å². The first kappa shape index (κ1) is 13.7. The number of hydrogen-bond donors (Lipinski definition) is 1. The first-order valence-corrected chi connectivity index (χ1v) is 5.14. The van der Waals surface area contributed by atoms with Crippen LogP contribution in [0.2, 0.25) is 0 Å². The van der Waals surface area contributed by atoms with Crippen LogP contribution in [0.25, 0.3) is 0 Å². The lowest BCUT2D eigenvalue weighted by Gasteiger charge is -2.10. The molecule has 1 rings (SSSR count). The molecule has 0 aromatic heterocycles. The second-order valence-electron chi connectivity index (χ2n) is 3.31. The van der Waals surface area contributed by atoms with Gasteiger partial charge in [0.25, 0.3) is 5.69 Å². The Bertz CT molecular complexity index is 481. The minimum atomic E-state index is -0.654. The molecule has 0 saturated carbocycles. The maximum atomic E-state index is 10.7. The minimum absolute atomic E-state index is 0.0274. The summed E-state index contributed by atoms with van der Waals surface area (Å²) in [6.07, 6.45) is 0.419. The summed E-state index contributed by atoms with van der Waals surface area (Å²) >= 11 is 0. The molecule has 7 heteroatoms. The van der Waals surface area contributed by atoms with E-state index in [1.165, 1.54) is 13.2 Å². The number of nitro groups is 1. The Morgan fingerprint density at radius 3 is 2.72 bits per heavy atom. The molecule has 1 aromatic carbocycles. The lowest BCUT2D eigenvalue weighted by Crippen LogP contribution is -2.03. The fourth-order valence-electron chi connectivity index (χ4n) is 1.31. The van der Waals surface area contributed by atoms with E-state index in [2.05, 4.69) is 0 Å². The number of rotatable bonds is 6. The van der Waals surface area contributed by atoms with E-state index in [4.69, 9.17) is 19.8 Å². The van der Waals surface area contributed by atoms with E-state index in [9.17, 15) is 10.1 Å². The molecule has 18 heavy (non-hydrogen) atoms. The van der Waals surface area contributed by atoms with Crippen molar-refractivity contribution >= 4 is 5.69 Å². The fraction of sp³-hybridized carbons (Fsp3) is 0.364. The number of nitriles is 1.